The van der Waals surface area contributed by atoms with Crippen LogP contribution in [0.3, 0.4) is 0 Å². The maximum atomic E-state index is 12.2. The summed E-state index contributed by atoms with van der Waals surface area (Å²) >= 11 is 1.56. The van der Waals surface area contributed by atoms with Gasteiger partial charge in [0.05, 0.1) is 0 Å². The summed E-state index contributed by atoms with van der Waals surface area (Å²) in [5.41, 5.74) is 2.03. The van der Waals surface area contributed by atoms with Crippen molar-refractivity contribution in [3.8, 4) is 11.4 Å². The molecular formula is C19H18N4O3S. The predicted octanol–water partition coefficient (Wildman–Crippen LogP) is 3.26. The molecular weight excluding hydrogens is 364 g/mol. The van der Waals surface area contributed by atoms with Crippen LogP contribution in [0.25, 0.3) is 11.4 Å². The Morgan fingerprint density at radius 3 is 2.93 bits per heavy atom. The van der Waals surface area contributed by atoms with Gasteiger partial charge in [0.2, 0.25) is 17.6 Å². The zero-order chi connectivity index (χ0) is 18.6. The number of hydrogen-bond acceptors (Lipinski definition) is 6. The number of rotatable bonds is 7. The van der Waals surface area contributed by atoms with Gasteiger partial charge in [-0.05, 0) is 42.5 Å². The highest BCUT2D eigenvalue weighted by atomic mass is 32.1. The number of thiophene rings is 1. The number of amides is 2. The van der Waals surface area contributed by atoms with Gasteiger partial charge < -0.3 is 15.2 Å². The average Bonchev–Trinajstić information content (AvgIpc) is 3.13. The normalized spacial score (nSPS) is 13.3. The van der Waals surface area contributed by atoms with Crippen LogP contribution in [-0.4, -0.2) is 28.0 Å². The number of nitrogens with zero attached hydrogens (tertiary/aromatic N) is 2. The van der Waals surface area contributed by atoms with Crippen LogP contribution in [0.1, 0.15) is 35.5 Å². The van der Waals surface area contributed by atoms with Crippen molar-refractivity contribution in [2.24, 2.45) is 0 Å². The van der Waals surface area contributed by atoms with Crippen LogP contribution in [0.4, 0.5) is 5.69 Å². The van der Waals surface area contributed by atoms with Crippen molar-refractivity contribution in [2.45, 2.75) is 31.7 Å². The van der Waals surface area contributed by atoms with Crippen LogP contribution < -0.4 is 10.6 Å². The van der Waals surface area contributed by atoms with Crippen molar-refractivity contribution in [3.63, 3.8) is 0 Å². The molecule has 0 atom stereocenters. The number of benzene rings is 1. The van der Waals surface area contributed by atoms with Crippen molar-refractivity contribution in [1.82, 2.24) is 15.5 Å². The lowest BCUT2D eigenvalue weighted by Gasteiger charge is -2.07. The Morgan fingerprint density at radius 2 is 2.15 bits per heavy atom. The topological polar surface area (TPSA) is 97.1 Å². The lowest BCUT2D eigenvalue weighted by atomic mass is 10.2. The highest BCUT2D eigenvalue weighted by Gasteiger charge is 2.23. The summed E-state index contributed by atoms with van der Waals surface area (Å²) in [5.74, 6) is 0.662. The molecule has 1 aliphatic carbocycles. The molecule has 7 nitrogen and oxygen atoms in total. The SMILES string of the molecule is O=C(CCc1nc(-c2ccsc2)no1)Nc1cccc(C(=O)NC2CC2)c1. The van der Waals surface area contributed by atoms with E-state index in [4.69, 9.17) is 4.52 Å². The van der Waals surface area contributed by atoms with E-state index in [9.17, 15) is 9.59 Å². The van der Waals surface area contributed by atoms with E-state index in [1.807, 2.05) is 16.8 Å². The third kappa shape index (κ3) is 4.59. The Labute approximate surface area is 159 Å². The third-order valence-electron chi connectivity index (χ3n) is 4.13. The van der Waals surface area contributed by atoms with Gasteiger partial charge in [-0.3, -0.25) is 9.59 Å². The first kappa shape index (κ1) is 17.4. The number of aromatic nitrogens is 2. The van der Waals surface area contributed by atoms with Crippen LogP contribution in [-0.2, 0) is 11.2 Å². The molecule has 0 bridgehead atoms. The van der Waals surface area contributed by atoms with E-state index in [0.29, 0.717) is 35.4 Å². The molecule has 0 unspecified atom stereocenters. The van der Waals surface area contributed by atoms with Gasteiger partial charge in [-0.25, -0.2) is 0 Å². The largest absolute Gasteiger partial charge is 0.349 e. The fourth-order valence-electron chi connectivity index (χ4n) is 2.54. The molecule has 27 heavy (non-hydrogen) atoms. The second-order valence-corrected chi connectivity index (χ2v) is 7.18. The summed E-state index contributed by atoms with van der Waals surface area (Å²) in [4.78, 5) is 28.6. The van der Waals surface area contributed by atoms with Gasteiger partial charge in [-0.2, -0.15) is 16.3 Å². The number of hydrogen-bond donors (Lipinski definition) is 2. The molecule has 2 N–H and O–H groups in total. The molecule has 0 aliphatic heterocycles. The molecule has 0 saturated heterocycles. The molecule has 1 fully saturated rings. The quantitative estimate of drug-likeness (QED) is 0.654. The van der Waals surface area contributed by atoms with Gasteiger partial charge in [0.25, 0.3) is 5.91 Å². The Kier molecular flexibility index (Phi) is 4.97. The van der Waals surface area contributed by atoms with Gasteiger partial charge in [-0.15, -0.1) is 0 Å². The fourth-order valence-corrected chi connectivity index (χ4v) is 3.18. The zero-order valence-corrected chi connectivity index (χ0v) is 15.3. The van der Waals surface area contributed by atoms with Gasteiger partial charge in [-0.1, -0.05) is 11.2 Å². The smallest absolute Gasteiger partial charge is 0.251 e. The highest BCUT2D eigenvalue weighted by Crippen LogP contribution is 2.21. The molecule has 4 rings (SSSR count). The summed E-state index contributed by atoms with van der Waals surface area (Å²) in [5, 5.41) is 13.5. The van der Waals surface area contributed by atoms with Crippen LogP contribution in [0.5, 0.6) is 0 Å². The van der Waals surface area contributed by atoms with Crippen LogP contribution >= 0.6 is 11.3 Å². The van der Waals surface area contributed by atoms with E-state index in [0.717, 1.165) is 18.4 Å². The average molecular weight is 382 g/mol. The second kappa shape index (κ2) is 7.71. The Bertz CT molecular complexity index is 948. The van der Waals surface area contributed by atoms with Gasteiger partial charge >= 0.3 is 0 Å². The van der Waals surface area contributed by atoms with Crippen molar-refractivity contribution < 1.29 is 14.1 Å². The number of carbonyl (C=O) groups excluding carboxylic acids is 2. The standard InChI is InChI=1S/C19H18N4O3S/c24-16(6-7-17-22-18(23-26-17)13-8-9-27-11-13)20-15-3-1-2-12(10-15)19(25)21-14-4-5-14/h1-3,8-11,14H,4-7H2,(H,20,24)(H,21,25). The summed E-state index contributed by atoms with van der Waals surface area (Å²) in [6.45, 7) is 0. The van der Waals surface area contributed by atoms with Crippen molar-refractivity contribution in [2.75, 3.05) is 5.32 Å². The first-order valence-corrected chi connectivity index (χ1v) is 9.67. The zero-order valence-electron chi connectivity index (χ0n) is 14.5. The summed E-state index contributed by atoms with van der Waals surface area (Å²) in [6.07, 6.45) is 2.63. The Balaban J connectivity index is 1.31. The van der Waals surface area contributed by atoms with Crippen molar-refractivity contribution >= 4 is 28.8 Å². The molecule has 1 aromatic carbocycles. The number of aryl methyl sites for hydroxylation is 1. The first-order valence-electron chi connectivity index (χ1n) is 8.73. The Morgan fingerprint density at radius 1 is 1.26 bits per heavy atom. The fraction of sp³-hybridized carbons (Fsp3) is 0.263. The molecule has 2 amide bonds. The maximum absolute atomic E-state index is 12.2. The van der Waals surface area contributed by atoms with E-state index in [2.05, 4.69) is 20.8 Å². The maximum Gasteiger partial charge on any atom is 0.251 e. The van der Waals surface area contributed by atoms with Crippen molar-refractivity contribution in [3.05, 3.63) is 52.5 Å². The van der Waals surface area contributed by atoms with Crippen molar-refractivity contribution in [1.29, 1.82) is 0 Å². The summed E-state index contributed by atoms with van der Waals surface area (Å²) in [7, 11) is 0. The Hall–Kier alpha value is -3.00. The van der Waals surface area contributed by atoms with Gasteiger partial charge in [0, 0.05) is 41.1 Å². The summed E-state index contributed by atoms with van der Waals surface area (Å²) < 4.78 is 5.19. The van der Waals surface area contributed by atoms with Gasteiger partial charge in [0.1, 0.15) is 0 Å². The van der Waals surface area contributed by atoms with E-state index < -0.39 is 0 Å². The molecule has 1 saturated carbocycles. The minimum atomic E-state index is -0.176. The molecule has 1 aliphatic rings. The molecule has 3 aromatic rings. The third-order valence-corrected chi connectivity index (χ3v) is 4.82. The molecule has 8 heteroatoms. The number of anilines is 1. The first-order chi connectivity index (χ1) is 13.2. The second-order valence-electron chi connectivity index (χ2n) is 6.40. The van der Waals surface area contributed by atoms with Gasteiger partial charge in [0.15, 0.2) is 0 Å². The summed E-state index contributed by atoms with van der Waals surface area (Å²) in [6, 6.07) is 9.13. The van der Waals surface area contributed by atoms with Crippen LogP contribution in [0.15, 0.2) is 45.6 Å². The minimum Gasteiger partial charge on any atom is -0.349 e. The molecule has 0 radical (unpaired) electrons. The lowest BCUT2D eigenvalue weighted by molar-refractivity contribution is -0.116. The molecule has 138 valence electrons. The highest BCUT2D eigenvalue weighted by molar-refractivity contribution is 7.08. The van der Waals surface area contributed by atoms with E-state index in [1.165, 1.54) is 0 Å². The lowest BCUT2D eigenvalue weighted by Crippen LogP contribution is -2.25. The van der Waals surface area contributed by atoms with E-state index >= 15 is 0 Å². The van der Waals surface area contributed by atoms with Crippen LogP contribution in [0, 0.1) is 0 Å². The molecule has 2 aromatic heterocycles. The van der Waals surface area contributed by atoms with E-state index in [-0.39, 0.29) is 18.2 Å². The molecule has 2 heterocycles. The number of carbonyl (C=O) groups is 2. The van der Waals surface area contributed by atoms with E-state index in [1.54, 1.807) is 35.6 Å². The minimum absolute atomic E-state index is 0.111. The number of nitrogens with one attached hydrogen (secondary N) is 2. The predicted molar refractivity (Wildman–Crippen MR) is 101 cm³/mol. The molecule has 0 spiro atoms. The van der Waals surface area contributed by atoms with Crippen LogP contribution in [0.2, 0.25) is 0 Å². The monoisotopic (exact) mass is 382 g/mol.